The number of ether oxygens (including phenoxy) is 2. The summed E-state index contributed by atoms with van der Waals surface area (Å²) in [7, 11) is -0.421. The Morgan fingerprint density at radius 2 is 1.90 bits per heavy atom. The molecule has 156 valence electrons. The van der Waals surface area contributed by atoms with Gasteiger partial charge in [-0.25, -0.2) is 12.7 Å². The Kier molecular flexibility index (Phi) is 6.76. The maximum Gasteiger partial charge on any atom is 0.228 e. The molecule has 2 aromatic rings. The van der Waals surface area contributed by atoms with Crippen molar-refractivity contribution >= 4 is 21.6 Å². The number of nitrogens with one attached hydrogen (secondary N) is 1. The molecule has 0 bridgehead atoms. The summed E-state index contributed by atoms with van der Waals surface area (Å²) in [6, 6.07) is 14.2. The first-order valence-corrected chi connectivity index (χ1v) is 11.1. The number of hydrogen-bond acceptors (Lipinski definition) is 5. The molecular formula is C21H26N2O5S. The third-order valence-corrected chi connectivity index (χ3v) is 6.82. The lowest BCUT2D eigenvalue weighted by Gasteiger charge is -2.31. The third-order valence-electron chi connectivity index (χ3n) is 5.00. The van der Waals surface area contributed by atoms with Crippen molar-refractivity contribution in [2.24, 2.45) is 5.92 Å². The van der Waals surface area contributed by atoms with Crippen molar-refractivity contribution in [2.45, 2.75) is 18.6 Å². The van der Waals surface area contributed by atoms with Gasteiger partial charge < -0.3 is 14.8 Å². The zero-order valence-corrected chi connectivity index (χ0v) is 17.4. The largest absolute Gasteiger partial charge is 0.497 e. The molecule has 1 saturated heterocycles. The number of benzene rings is 2. The SMILES string of the molecule is COc1ccc(OC)c(NC(=O)[C@H]2CCCN(S(=O)(=O)Cc3ccccc3)C2)c1. The number of nitrogens with zero attached hydrogens (tertiary/aromatic N) is 1. The molecule has 1 aliphatic rings. The number of rotatable bonds is 7. The first-order chi connectivity index (χ1) is 13.9. The highest BCUT2D eigenvalue weighted by molar-refractivity contribution is 7.88. The molecule has 0 aromatic heterocycles. The fourth-order valence-electron chi connectivity index (χ4n) is 3.43. The Labute approximate surface area is 171 Å². The molecule has 1 fully saturated rings. The smallest absolute Gasteiger partial charge is 0.228 e. The number of carbonyl (C=O) groups is 1. The molecule has 7 nitrogen and oxygen atoms in total. The Balaban J connectivity index is 1.69. The quantitative estimate of drug-likeness (QED) is 0.747. The number of piperidine rings is 1. The zero-order chi connectivity index (χ0) is 20.9. The van der Waals surface area contributed by atoms with Crippen molar-refractivity contribution in [3.8, 4) is 11.5 Å². The predicted octanol–water partition coefficient (Wildman–Crippen LogP) is 2.88. The minimum absolute atomic E-state index is 0.0636. The van der Waals surface area contributed by atoms with Crippen LogP contribution < -0.4 is 14.8 Å². The minimum Gasteiger partial charge on any atom is -0.497 e. The topological polar surface area (TPSA) is 84.9 Å². The summed E-state index contributed by atoms with van der Waals surface area (Å²) in [5.41, 5.74) is 1.24. The van der Waals surface area contributed by atoms with Crippen LogP contribution in [0.1, 0.15) is 18.4 Å². The van der Waals surface area contributed by atoms with Crippen LogP contribution in [0.2, 0.25) is 0 Å². The molecule has 0 saturated carbocycles. The Morgan fingerprint density at radius 3 is 2.59 bits per heavy atom. The number of methoxy groups -OCH3 is 2. The number of sulfonamides is 1. The van der Waals surface area contributed by atoms with Gasteiger partial charge in [-0.3, -0.25) is 4.79 Å². The van der Waals surface area contributed by atoms with Crippen molar-refractivity contribution in [1.82, 2.24) is 4.31 Å². The molecule has 8 heteroatoms. The standard InChI is InChI=1S/C21H26N2O5S/c1-27-18-10-11-20(28-2)19(13-18)22-21(24)17-9-6-12-23(14-17)29(25,26)15-16-7-4-3-5-8-16/h3-5,7-8,10-11,13,17H,6,9,12,14-15H2,1-2H3,(H,22,24)/t17-/m0/s1. The fourth-order valence-corrected chi connectivity index (χ4v) is 5.04. The van der Waals surface area contributed by atoms with Gasteiger partial charge in [-0.15, -0.1) is 0 Å². The summed E-state index contributed by atoms with van der Waals surface area (Å²) in [4.78, 5) is 12.8. The van der Waals surface area contributed by atoms with E-state index >= 15 is 0 Å². The molecule has 1 aliphatic heterocycles. The third kappa shape index (κ3) is 5.27. The fraction of sp³-hybridized carbons (Fsp3) is 0.381. The van der Waals surface area contributed by atoms with E-state index in [1.54, 1.807) is 37.4 Å². The van der Waals surface area contributed by atoms with Crippen LogP contribution in [0.5, 0.6) is 11.5 Å². The molecule has 1 amide bonds. The molecule has 1 heterocycles. The van der Waals surface area contributed by atoms with Crippen LogP contribution in [0, 0.1) is 5.92 Å². The lowest BCUT2D eigenvalue weighted by molar-refractivity contribution is -0.120. The van der Waals surface area contributed by atoms with E-state index in [0.717, 1.165) is 5.56 Å². The molecule has 1 atom stereocenters. The summed E-state index contributed by atoms with van der Waals surface area (Å²) in [6.07, 6.45) is 1.27. The number of carbonyl (C=O) groups excluding carboxylic acids is 1. The van der Waals surface area contributed by atoms with Gasteiger partial charge in [0.05, 0.1) is 31.6 Å². The summed E-state index contributed by atoms with van der Waals surface area (Å²) in [5.74, 6) is 0.396. The number of amides is 1. The molecule has 0 radical (unpaired) electrons. The van der Waals surface area contributed by atoms with Gasteiger partial charge in [0.2, 0.25) is 15.9 Å². The Hall–Kier alpha value is -2.58. The van der Waals surface area contributed by atoms with Gasteiger partial charge in [0, 0.05) is 19.2 Å². The van der Waals surface area contributed by atoms with Gasteiger partial charge in [-0.2, -0.15) is 0 Å². The van der Waals surface area contributed by atoms with Gasteiger partial charge in [-0.1, -0.05) is 30.3 Å². The molecule has 0 spiro atoms. The van der Waals surface area contributed by atoms with E-state index in [9.17, 15) is 13.2 Å². The Morgan fingerprint density at radius 1 is 1.14 bits per heavy atom. The van der Waals surface area contributed by atoms with Crippen molar-refractivity contribution in [3.05, 3.63) is 54.1 Å². The van der Waals surface area contributed by atoms with Crippen LogP contribution >= 0.6 is 0 Å². The average molecular weight is 419 g/mol. The summed E-state index contributed by atoms with van der Waals surface area (Å²) >= 11 is 0. The molecular weight excluding hydrogens is 392 g/mol. The van der Waals surface area contributed by atoms with E-state index in [4.69, 9.17) is 9.47 Å². The molecule has 0 unspecified atom stereocenters. The second-order valence-electron chi connectivity index (χ2n) is 6.99. The van der Waals surface area contributed by atoms with Gasteiger partial charge >= 0.3 is 0 Å². The van der Waals surface area contributed by atoms with Crippen LogP contribution in [0.3, 0.4) is 0 Å². The zero-order valence-electron chi connectivity index (χ0n) is 16.6. The second kappa shape index (κ2) is 9.28. The van der Waals surface area contributed by atoms with Crippen LogP contribution in [0.25, 0.3) is 0 Å². The lowest BCUT2D eigenvalue weighted by atomic mass is 9.98. The lowest BCUT2D eigenvalue weighted by Crippen LogP contribution is -2.44. The highest BCUT2D eigenvalue weighted by Gasteiger charge is 2.32. The van der Waals surface area contributed by atoms with E-state index in [1.165, 1.54) is 11.4 Å². The van der Waals surface area contributed by atoms with Gasteiger partial charge in [0.25, 0.3) is 0 Å². The first-order valence-electron chi connectivity index (χ1n) is 9.47. The molecule has 1 N–H and O–H groups in total. The number of hydrogen-bond donors (Lipinski definition) is 1. The van der Waals surface area contributed by atoms with E-state index < -0.39 is 15.9 Å². The summed E-state index contributed by atoms with van der Waals surface area (Å²) in [5, 5.41) is 2.86. The highest BCUT2D eigenvalue weighted by Crippen LogP contribution is 2.30. The monoisotopic (exact) mass is 418 g/mol. The Bertz CT molecular complexity index is 947. The van der Waals surface area contributed by atoms with Crippen LogP contribution in [-0.4, -0.2) is 45.9 Å². The van der Waals surface area contributed by atoms with Gasteiger partial charge in [0.1, 0.15) is 11.5 Å². The molecule has 3 rings (SSSR count). The van der Waals surface area contributed by atoms with Gasteiger partial charge in [-0.05, 0) is 30.5 Å². The average Bonchev–Trinajstić information content (AvgIpc) is 2.74. The van der Waals surface area contributed by atoms with E-state index in [1.807, 2.05) is 18.2 Å². The summed E-state index contributed by atoms with van der Waals surface area (Å²) < 4.78 is 37.6. The second-order valence-corrected chi connectivity index (χ2v) is 8.96. The normalized spacial score (nSPS) is 17.5. The van der Waals surface area contributed by atoms with E-state index in [-0.39, 0.29) is 18.2 Å². The van der Waals surface area contributed by atoms with Crippen molar-refractivity contribution in [3.63, 3.8) is 0 Å². The highest BCUT2D eigenvalue weighted by atomic mass is 32.2. The molecule has 0 aliphatic carbocycles. The maximum absolute atomic E-state index is 12.8. The minimum atomic E-state index is -3.49. The van der Waals surface area contributed by atoms with Crippen LogP contribution in [0.15, 0.2) is 48.5 Å². The molecule has 29 heavy (non-hydrogen) atoms. The summed E-state index contributed by atoms with van der Waals surface area (Å²) in [6.45, 7) is 0.606. The van der Waals surface area contributed by atoms with Crippen LogP contribution in [0.4, 0.5) is 5.69 Å². The van der Waals surface area contributed by atoms with Gasteiger partial charge in [0.15, 0.2) is 0 Å². The van der Waals surface area contributed by atoms with Crippen molar-refractivity contribution in [1.29, 1.82) is 0 Å². The maximum atomic E-state index is 12.8. The molecule has 2 aromatic carbocycles. The van der Waals surface area contributed by atoms with Crippen molar-refractivity contribution < 1.29 is 22.7 Å². The number of anilines is 1. The van der Waals surface area contributed by atoms with E-state index in [0.29, 0.717) is 36.6 Å². The first kappa shape index (κ1) is 21.1. The van der Waals surface area contributed by atoms with E-state index in [2.05, 4.69) is 5.32 Å². The van der Waals surface area contributed by atoms with Crippen LogP contribution in [-0.2, 0) is 20.6 Å². The van der Waals surface area contributed by atoms with Crippen molar-refractivity contribution in [2.75, 3.05) is 32.6 Å². The predicted molar refractivity (Wildman–Crippen MR) is 112 cm³/mol.